The SMILES string of the molecule is O=C(O)[C@@]12CCC[C@H]1CN(C1CCc3ccc(F)cc31)C2. The molecule has 0 aromatic heterocycles. The van der Waals surface area contributed by atoms with Gasteiger partial charge in [0.15, 0.2) is 0 Å². The first kappa shape index (κ1) is 13.3. The predicted molar refractivity (Wildman–Crippen MR) is 76.4 cm³/mol. The van der Waals surface area contributed by atoms with Gasteiger partial charge in [0, 0.05) is 19.1 Å². The highest BCUT2D eigenvalue weighted by Gasteiger charge is 2.56. The summed E-state index contributed by atoms with van der Waals surface area (Å²) >= 11 is 0. The van der Waals surface area contributed by atoms with Crippen LogP contribution < -0.4 is 0 Å². The quantitative estimate of drug-likeness (QED) is 0.910. The van der Waals surface area contributed by atoms with E-state index in [0.717, 1.165) is 44.2 Å². The van der Waals surface area contributed by atoms with E-state index >= 15 is 0 Å². The second-order valence-electron chi connectivity index (χ2n) is 6.88. The second-order valence-corrected chi connectivity index (χ2v) is 6.88. The van der Waals surface area contributed by atoms with E-state index in [9.17, 15) is 14.3 Å². The van der Waals surface area contributed by atoms with Crippen LogP contribution in [-0.4, -0.2) is 29.1 Å². The maximum atomic E-state index is 13.5. The van der Waals surface area contributed by atoms with E-state index in [-0.39, 0.29) is 17.8 Å². The lowest BCUT2D eigenvalue weighted by atomic mass is 9.81. The molecule has 1 heterocycles. The molecule has 4 heteroatoms. The highest BCUT2D eigenvalue weighted by molar-refractivity contribution is 5.76. The van der Waals surface area contributed by atoms with Gasteiger partial charge in [0.05, 0.1) is 5.41 Å². The predicted octanol–water partition coefficient (Wildman–Crippen LogP) is 3.00. The molecule has 3 aliphatic rings. The van der Waals surface area contributed by atoms with Gasteiger partial charge in [0.2, 0.25) is 0 Å². The number of aliphatic carboxylic acids is 1. The standard InChI is InChI=1S/C17H20FNO2/c18-13-5-3-11-4-6-15(14(11)8-13)19-9-12-2-1-7-17(12,10-19)16(20)21/h3,5,8,12,15H,1-2,4,6-7,9-10H2,(H,20,21)/t12-,15?,17+/m0/s1. The largest absolute Gasteiger partial charge is 0.481 e. The number of carboxylic acids is 1. The summed E-state index contributed by atoms with van der Waals surface area (Å²) in [5, 5.41) is 9.69. The minimum atomic E-state index is -0.634. The molecule has 21 heavy (non-hydrogen) atoms. The van der Waals surface area contributed by atoms with Crippen LogP contribution >= 0.6 is 0 Å². The fourth-order valence-corrected chi connectivity index (χ4v) is 4.85. The van der Waals surface area contributed by atoms with Gasteiger partial charge >= 0.3 is 5.97 Å². The van der Waals surface area contributed by atoms with E-state index in [1.54, 1.807) is 6.07 Å². The van der Waals surface area contributed by atoms with Crippen LogP contribution in [0.5, 0.6) is 0 Å². The third-order valence-electron chi connectivity index (χ3n) is 5.92. The van der Waals surface area contributed by atoms with E-state index < -0.39 is 11.4 Å². The molecule has 2 aliphatic carbocycles. The molecule has 3 atom stereocenters. The van der Waals surface area contributed by atoms with Gasteiger partial charge in [-0.1, -0.05) is 12.5 Å². The number of nitrogens with zero attached hydrogens (tertiary/aromatic N) is 1. The minimum Gasteiger partial charge on any atom is -0.481 e. The van der Waals surface area contributed by atoms with Crippen LogP contribution in [0.3, 0.4) is 0 Å². The maximum absolute atomic E-state index is 13.5. The van der Waals surface area contributed by atoms with Gasteiger partial charge in [-0.3, -0.25) is 9.69 Å². The zero-order valence-corrected chi connectivity index (χ0v) is 12.0. The number of aryl methyl sites for hydroxylation is 1. The Balaban J connectivity index is 1.63. The number of likely N-dealkylation sites (tertiary alicyclic amines) is 1. The lowest BCUT2D eigenvalue weighted by Gasteiger charge is -2.27. The van der Waals surface area contributed by atoms with Crippen molar-refractivity contribution in [3.05, 3.63) is 35.1 Å². The smallest absolute Gasteiger partial charge is 0.311 e. The molecule has 3 nitrogen and oxygen atoms in total. The van der Waals surface area contributed by atoms with Gasteiger partial charge in [-0.2, -0.15) is 0 Å². The minimum absolute atomic E-state index is 0.187. The maximum Gasteiger partial charge on any atom is 0.311 e. The Kier molecular flexibility index (Phi) is 2.86. The van der Waals surface area contributed by atoms with Gasteiger partial charge < -0.3 is 5.11 Å². The molecule has 2 fully saturated rings. The van der Waals surface area contributed by atoms with Crippen LogP contribution in [0.4, 0.5) is 4.39 Å². The van der Waals surface area contributed by atoms with Crippen molar-refractivity contribution in [1.29, 1.82) is 0 Å². The summed E-state index contributed by atoms with van der Waals surface area (Å²) in [4.78, 5) is 14.1. The van der Waals surface area contributed by atoms with E-state index in [0.29, 0.717) is 6.54 Å². The summed E-state index contributed by atoms with van der Waals surface area (Å²) in [6.07, 6.45) is 4.81. The number of rotatable bonds is 2. The van der Waals surface area contributed by atoms with Crippen LogP contribution in [0.1, 0.15) is 42.9 Å². The summed E-state index contributed by atoms with van der Waals surface area (Å²) in [7, 11) is 0. The highest BCUT2D eigenvalue weighted by Crippen LogP contribution is 2.52. The molecule has 1 aromatic rings. The summed E-state index contributed by atoms with van der Waals surface area (Å²) in [5.41, 5.74) is 1.76. The van der Waals surface area contributed by atoms with Crippen LogP contribution in [0.25, 0.3) is 0 Å². The zero-order chi connectivity index (χ0) is 14.6. The number of carboxylic acid groups (broad SMARTS) is 1. The Morgan fingerprint density at radius 3 is 3.00 bits per heavy atom. The Morgan fingerprint density at radius 2 is 2.24 bits per heavy atom. The molecule has 112 valence electrons. The van der Waals surface area contributed by atoms with E-state index in [1.165, 1.54) is 11.6 Å². The number of hydrogen-bond acceptors (Lipinski definition) is 2. The Hall–Kier alpha value is -1.42. The van der Waals surface area contributed by atoms with Crippen LogP contribution in [0.2, 0.25) is 0 Å². The van der Waals surface area contributed by atoms with Crippen LogP contribution in [-0.2, 0) is 11.2 Å². The van der Waals surface area contributed by atoms with Gasteiger partial charge in [-0.15, -0.1) is 0 Å². The van der Waals surface area contributed by atoms with Crippen molar-refractivity contribution in [2.45, 2.75) is 38.1 Å². The van der Waals surface area contributed by atoms with Crippen molar-refractivity contribution in [3.63, 3.8) is 0 Å². The lowest BCUT2D eigenvalue weighted by Crippen LogP contribution is -2.36. The Labute approximate surface area is 123 Å². The first-order chi connectivity index (χ1) is 10.1. The third kappa shape index (κ3) is 1.85. The first-order valence-corrected chi connectivity index (χ1v) is 7.86. The second kappa shape index (κ2) is 4.54. The van der Waals surface area contributed by atoms with Crippen molar-refractivity contribution < 1.29 is 14.3 Å². The molecular formula is C17H20FNO2. The molecular weight excluding hydrogens is 269 g/mol. The first-order valence-electron chi connectivity index (χ1n) is 7.86. The van der Waals surface area contributed by atoms with Crippen molar-refractivity contribution in [3.8, 4) is 0 Å². The van der Waals surface area contributed by atoms with Gasteiger partial charge in [0.25, 0.3) is 0 Å². The summed E-state index contributed by atoms with van der Waals surface area (Å²) in [5.74, 6) is -0.550. The molecule has 4 rings (SSSR count). The Bertz CT molecular complexity index is 602. The topological polar surface area (TPSA) is 40.5 Å². The van der Waals surface area contributed by atoms with Gasteiger partial charge in [-0.05, 0) is 54.9 Å². The zero-order valence-electron chi connectivity index (χ0n) is 12.0. The average molecular weight is 289 g/mol. The molecule has 0 amide bonds. The lowest BCUT2D eigenvalue weighted by molar-refractivity contribution is -0.149. The van der Waals surface area contributed by atoms with Crippen molar-refractivity contribution in [2.75, 3.05) is 13.1 Å². The average Bonchev–Trinajstić information content (AvgIpc) is 3.08. The number of hydrogen-bond donors (Lipinski definition) is 1. The molecule has 1 N–H and O–H groups in total. The van der Waals surface area contributed by atoms with Crippen molar-refractivity contribution >= 4 is 5.97 Å². The monoisotopic (exact) mass is 289 g/mol. The van der Waals surface area contributed by atoms with E-state index in [1.807, 2.05) is 6.07 Å². The van der Waals surface area contributed by atoms with Gasteiger partial charge in [0.1, 0.15) is 5.82 Å². The summed E-state index contributed by atoms with van der Waals surface area (Å²) in [6.45, 7) is 1.49. The highest BCUT2D eigenvalue weighted by atomic mass is 19.1. The van der Waals surface area contributed by atoms with E-state index in [2.05, 4.69) is 4.90 Å². The fourth-order valence-electron chi connectivity index (χ4n) is 4.85. The number of halogens is 1. The van der Waals surface area contributed by atoms with Crippen molar-refractivity contribution in [1.82, 2.24) is 4.90 Å². The van der Waals surface area contributed by atoms with Crippen LogP contribution in [0, 0.1) is 17.2 Å². The Morgan fingerprint density at radius 1 is 1.38 bits per heavy atom. The molecule has 0 spiro atoms. The van der Waals surface area contributed by atoms with Crippen LogP contribution in [0.15, 0.2) is 18.2 Å². The molecule has 1 aromatic carbocycles. The molecule has 1 aliphatic heterocycles. The third-order valence-corrected chi connectivity index (χ3v) is 5.92. The molecule has 0 radical (unpaired) electrons. The molecule has 0 bridgehead atoms. The number of carbonyl (C=O) groups is 1. The number of fused-ring (bicyclic) bond motifs is 2. The number of benzene rings is 1. The summed E-state index contributed by atoms with van der Waals surface area (Å²) < 4.78 is 13.5. The molecule has 1 saturated carbocycles. The molecule has 1 saturated heterocycles. The van der Waals surface area contributed by atoms with Crippen molar-refractivity contribution in [2.24, 2.45) is 11.3 Å². The normalized spacial score (nSPS) is 34.9. The fraction of sp³-hybridized carbons (Fsp3) is 0.588. The molecule has 1 unspecified atom stereocenters. The van der Waals surface area contributed by atoms with E-state index in [4.69, 9.17) is 0 Å². The van der Waals surface area contributed by atoms with Gasteiger partial charge in [-0.25, -0.2) is 4.39 Å². The summed E-state index contributed by atoms with van der Waals surface area (Å²) in [6, 6.07) is 5.26.